The van der Waals surface area contributed by atoms with E-state index >= 15 is 0 Å². The Morgan fingerprint density at radius 2 is 1.83 bits per heavy atom. The zero-order valence-corrected chi connectivity index (χ0v) is 13.8. The fraction of sp³-hybridized carbons (Fsp3) is 0.611. The molecule has 23 heavy (non-hydrogen) atoms. The van der Waals surface area contributed by atoms with Crippen molar-refractivity contribution in [2.45, 2.75) is 52.0 Å². The highest BCUT2D eigenvalue weighted by atomic mass is 19.1. The summed E-state index contributed by atoms with van der Waals surface area (Å²) in [6.45, 7) is 2.71. The quantitative estimate of drug-likeness (QED) is 0.869. The third-order valence-corrected chi connectivity index (χ3v) is 5.02. The highest BCUT2D eigenvalue weighted by molar-refractivity contribution is 5.77. The molecule has 0 spiro atoms. The summed E-state index contributed by atoms with van der Waals surface area (Å²) in [5.74, 6) is -1.28. The molecule has 1 aliphatic carbocycles. The average molecular weight is 324 g/mol. The van der Waals surface area contributed by atoms with Gasteiger partial charge in [-0.2, -0.15) is 0 Å². The van der Waals surface area contributed by atoms with Gasteiger partial charge in [-0.1, -0.05) is 25.3 Å². The molecule has 2 rings (SSSR count). The van der Waals surface area contributed by atoms with Crippen LogP contribution in [0.5, 0.6) is 0 Å². The number of nitrogens with zero attached hydrogens (tertiary/aromatic N) is 1. The van der Waals surface area contributed by atoms with Gasteiger partial charge in [0.1, 0.15) is 11.6 Å². The van der Waals surface area contributed by atoms with E-state index in [0.717, 1.165) is 25.7 Å². The van der Waals surface area contributed by atoms with Crippen molar-refractivity contribution >= 4 is 5.91 Å². The molecule has 0 radical (unpaired) electrons. The highest BCUT2D eigenvalue weighted by Crippen LogP contribution is 2.38. The van der Waals surface area contributed by atoms with Gasteiger partial charge in [0.15, 0.2) is 0 Å². The second-order valence-electron chi connectivity index (χ2n) is 6.55. The maximum absolute atomic E-state index is 13.8. The van der Waals surface area contributed by atoms with Crippen LogP contribution in [-0.2, 0) is 11.3 Å². The van der Waals surface area contributed by atoms with Crippen molar-refractivity contribution in [3.8, 4) is 0 Å². The minimum absolute atomic E-state index is 0.0332. The zero-order chi connectivity index (χ0) is 16.9. The van der Waals surface area contributed by atoms with Gasteiger partial charge in [0.25, 0.3) is 0 Å². The molecule has 0 aliphatic heterocycles. The Morgan fingerprint density at radius 1 is 1.22 bits per heavy atom. The van der Waals surface area contributed by atoms with Crippen LogP contribution in [0.3, 0.4) is 0 Å². The van der Waals surface area contributed by atoms with Crippen LogP contribution in [0.25, 0.3) is 0 Å². The van der Waals surface area contributed by atoms with Crippen LogP contribution in [0.15, 0.2) is 18.2 Å². The van der Waals surface area contributed by atoms with E-state index in [1.54, 1.807) is 0 Å². The van der Waals surface area contributed by atoms with E-state index in [0.29, 0.717) is 19.5 Å². The lowest BCUT2D eigenvalue weighted by atomic mass is 9.71. The molecule has 1 aliphatic rings. The molecule has 1 aromatic carbocycles. The molecular weight excluding hydrogens is 298 g/mol. The number of halogens is 2. The lowest BCUT2D eigenvalue weighted by Crippen LogP contribution is -2.40. The van der Waals surface area contributed by atoms with Crippen LogP contribution in [0, 0.1) is 17.0 Å². The maximum Gasteiger partial charge on any atom is 0.223 e. The SMILES string of the molecule is CCN(Cc1c(F)cccc1F)C(=O)CC1(CN)CCCCC1. The summed E-state index contributed by atoms with van der Waals surface area (Å²) in [6, 6.07) is 3.77. The van der Waals surface area contributed by atoms with Crippen LogP contribution in [0.1, 0.15) is 51.0 Å². The molecule has 0 bridgehead atoms. The number of rotatable bonds is 6. The first kappa shape index (κ1) is 17.9. The van der Waals surface area contributed by atoms with Crippen LogP contribution in [0.4, 0.5) is 8.78 Å². The first-order chi connectivity index (χ1) is 11.0. The van der Waals surface area contributed by atoms with Gasteiger partial charge >= 0.3 is 0 Å². The van der Waals surface area contributed by atoms with E-state index in [9.17, 15) is 13.6 Å². The number of carbonyl (C=O) groups excluding carboxylic acids is 1. The Labute approximate surface area is 136 Å². The van der Waals surface area contributed by atoms with Gasteiger partial charge in [-0.05, 0) is 43.9 Å². The summed E-state index contributed by atoms with van der Waals surface area (Å²) in [5.41, 5.74) is 5.75. The van der Waals surface area contributed by atoms with Crippen LogP contribution < -0.4 is 5.73 Å². The Bertz CT molecular complexity index is 522. The fourth-order valence-corrected chi connectivity index (χ4v) is 3.44. The minimum atomic E-state index is -0.609. The summed E-state index contributed by atoms with van der Waals surface area (Å²) < 4.78 is 27.6. The van der Waals surface area contributed by atoms with Crippen molar-refractivity contribution in [3.63, 3.8) is 0 Å². The average Bonchev–Trinajstić information content (AvgIpc) is 2.55. The Balaban J connectivity index is 2.09. The van der Waals surface area contributed by atoms with Crippen LogP contribution in [0.2, 0.25) is 0 Å². The maximum atomic E-state index is 13.8. The van der Waals surface area contributed by atoms with Gasteiger partial charge < -0.3 is 10.6 Å². The predicted molar refractivity (Wildman–Crippen MR) is 86.6 cm³/mol. The van der Waals surface area contributed by atoms with Gasteiger partial charge in [-0.25, -0.2) is 8.78 Å². The summed E-state index contributed by atoms with van der Waals surface area (Å²) in [6.07, 6.45) is 5.67. The number of amides is 1. The monoisotopic (exact) mass is 324 g/mol. The Hall–Kier alpha value is -1.49. The molecule has 1 fully saturated rings. The molecular formula is C18H26F2N2O. The number of hydrogen-bond donors (Lipinski definition) is 1. The van der Waals surface area contributed by atoms with Crippen molar-refractivity contribution in [2.75, 3.05) is 13.1 Å². The molecule has 1 saturated carbocycles. The second kappa shape index (κ2) is 7.86. The molecule has 0 saturated heterocycles. The molecule has 1 amide bonds. The minimum Gasteiger partial charge on any atom is -0.338 e. The van der Waals surface area contributed by atoms with Crippen molar-refractivity contribution < 1.29 is 13.6 Å². The highest BCUT2D eigenvalue weighted by Gasteiger charge is 2.34. The second-order valence-corrected chi connectivity index (χ2v) is 6.55. The van der Waals surface area contributed by atoms with Gasteiger partial charge in [0.05, 0.1) is 6.54 Å². The van der Waals surface area contributed by atoms with E-state index in [1.807, 2.05) is 6.92 Å². The molecule has 0 heterocycles. The normalized spacial score (nSPS) is 17.0. The summed E-state index contributed by atoms with van der Waals surface area (Å²) in [5, 5.41) is 0. The third-order valence-electron chi connectivity index (χ3n) is 5.02. The fourth-order valence-electron chi connectivity index (χ4n) is 3.44. The molecule has 0 aromatic heterocycles. The molecule has 1 aromatic rings. The number of carbonyl (C=O) groups is 1. The first-order valence-corrected chi connectivity index (χ1v) is 8.42. The number of nitrogens with two attached hydrogens (primary N) is 1. The van der Waals surface area contributed by atoms with Crippen LogP contribution in [-0.4, -0.2) is 23.9 Å². The molecule has 0 unspecified atom stereocenters. The predicted octanol–water partition coefficient (Wildman–Crippen LogP) is 3.61. The summed E-state index contributed by atoms with van der Waals surface area (Å²) in [4.78, 5) is 14.2. The zero-order valence-electron chi connectivity index (χ0n) is 13.8. The van der Waals surface area contributed by atoms with Gasteiger partial charge in [0, 0.05) is 18.5 Å². The largest absolute Gasteiger partial charge is 0.338 e. The number of hydrogen-bond acceptors (Lipinski definition) is 2. The summed E-state index contributed by atoms with van der Waals surface area (Å²) in [7, 11) is 0. The van der Waals surface area contributed by atoms with Gasteiger partial charge in [0.2, 0.25) is 5.91 Å². The molecule has 0 atom stereocenters. The molecule has 2 N–H and O–H groups in total. The third kappa shape index (κ3) is 4.28. The standard InChI is InChI=1S/C18H26F2N2O/c1-2-22(12-14-15(19)7-6-8-16(14)20)17(23)11-18(13-21)9-4-3-5-10-18/h6-8H,2-5,9-13,21H2,1H3. The Morgan fingerprint density at radius 3 is 2.35 bits per heavy atom. The van der Waals surface area contributed by atoms with Gasteiger partial charge in [-0.3, -0.25) is 4.79 Å². The number of benzene rings is 1. The van der Waals surface area contributed by atoms with Crippen molar-refractivity contribution in [3.05, 3.63) is 35.4 Å². The smallest absolute Gasteiger partial charge is 0.223 e. The Kier molecular flexibility index (Phi) is 6.10. The molecule has 3 nitrogen and oxygen atoms in total. The molecule has 5 heteroatoms. The lowest BCUT2D eigenvalue weighted by Gasteiger charge is -2.37. The van der Waals surface area contributed by atoms with Gasteiger partial charge in [-0.15, -0.1) is 0 Å². The van der Waals surface area contributed by atoms with E-state index < -0.39 is 11.6 Å². The lowest BCUT2D eigenvalue weighted by molar-refractivity contribution is -0.134. The van der Waals surface area contributed by atoms with E-state index in [-0.39, 0.29) is 23.4 Å². The van der Waals surface area contributed by atoms with Crippen molar-refractivity contribution in [2.24, 2.45) is 11.1 Å². The van der Waals surface area contributed by atoms with Crippen LogP contribution >= 0.6 is 0 Å². The van der Waals surface area contributed by atoms with Crippen molar-refractivity contribution in [1.82, 2.24) is 4.90 Å². The topological polar surface area (TPSA) is 46.3 Å². The van der Waals surface area contributed by atoms with Crippen molar-refractivity contribution in [1.29, 1.82) is 0 Å². The summed E-state index contributed by atoms with van der Waals surface area (Å²) >= 11 is 0. The van der Waals surface area contributed by atoms with E-state index in [2.05, 4.69) is 0 Å². The molecule has 128 valence electrons. The first-order valence-electron chi connectivity index (χ1n) is 8.42. The van der Waals surface area contributed by atoms with E-state index in [1.165, 1.54) is 29.5 Å². The van der Waals surface area contributed by atoms with E-state index in [4.69, 9.17) is 5.73 Å².